The summed E-state index contributed by atoms with van der Waals surface area (Å²) in [6.45, 7) is 1.28. The van der Waals surface area contributed by atoms with Crippen LogP contribution >= 0.6 is 0 Å². The van der Waals surface area contributed by atoms with E-state index < -0.39 is 15.0 Å². The normalized spacial score (nSPS) is 11.1. The van der Waals surface area contributed by atoms with Crippen molar-refractivity contribution in [2.75, 3.05) is 7.11 Å². The molecule has 0 heterocycles. The molecule has 1 aromatic rings. The average molecular weight is 229 g/mol. The number of hydrogen-bond donors (Lipinski definition) is 0. The van der Waals surface area contributed by atoms with Crippen molar-refractivity contribution in [2.45, 2.75) is 11.8 Å². The SMILES string of the molecule is COc1ccc(C(C)=O)cc1S(=O)(=O)[O-]. The van der Waals surface area contributed by atoms with E-state index >= 15 is 0 Å². The number of carbonyl (C=O) groups excluding carboxylic acids is 1. The Hall–Kier alpha value is -1.40. The number of hydrogen-bond acceptors (Lipinski definition) is 5. The molecule has 15 heavy (non-hydrogen) atoms. The van der Waals surface area contributed by atoms with Crippen molar-refractivity contribution in [3.8, 4) is 5.75 Å². The second-order valence-corrected chi connectivity index (χ2v) is 4.22. The highest BCUT2D eigenvalue weighted by atomic mass is 32.2. The Morgan fingerprint density at radius 3 is 2.40 bits per heavy atom. The van der Waals surface area contributed by atoms with Gasteiger partial charge >= 0.3 is 0 Å². The number of Topliss-reactive ketones (excluding diaryl/α,β-unsaturated/α-hetero) is 1. The summed E-state index contributed by atoms with van der Waals surface area (Å²) in [6, 6.07) is 3.70. The fourth-order valence-electron chi connectivity index (χ4n) is 1.09. The van der Waals surface area contributed by atoms with Crippen LogP contribution in [-0.4, -0.2) is 25.9 Å². The monoisotopic (exact) mass is 229 g/mol. The number of methoxy groups -OCH3 is 1. The summed E-state index contributed by atoms with van der Waals surface area (Å²) >= 11 is 0. The van der Waals surface area contributed by atoms with Crippen molar-refractivity contribution in [1.29, 1.82) is 0 Å². The van der Waals surface area contributed by atoms with Crippen LogP contribution in [0, 0.1) is 0 Å². The lowest BCUT2D eigenvalue weighted by Crippen LogP contribution is -2.04. The van der Waals surface area contributed by atoms with E-state index in [1.807, 2.05) is 0 Å². The predicted molar refractivity (Wildman–Crippen MR) is 51.0 cm³/mol. The molecule has 82 valence electrons. The first kappa shape index (κ1) is 11.7. The first-order chi connectivity index (χ1) is 6.86. The minimum Gasteiger partial charge on any atom is -0.744 e. The molecule has 0 aliphatic carbocycles. The van der Waals surface area contributed by atoms with E-state index in [4.69, 9.17) is 4.74 Å². The van der Waals surface area contributed by atoms with Crippen LogP contribution in [0.5, 0.6) is 5.75 Å². The van der Waals surface area contributed by atoms with E-state index in [0.717, 1.165) is 6.07 Å². The molecule has 6 heteroatoms. The van der Waals surface area contributed by atoms with Crippen LogP contribution in [-0.2, 0) is 10.1 Å². The molecular formula is C9H9O5S-. The molecule has 0 spiro atoms. The van der Waals surface area contributed by atoms with Crippen molar-refractivity contribution in [2.24, 2.45) is 0 Å². The molecule has 0 aliphatic rings. The smallest absolute Gasteiger partial charge is 0.159 e. The lowest BCUT2D eigenvalue weighted by atomic mass is 10.1. The van der Waals surface area contributed by atoms with Gasteiger partial charge in [0.15, 0.2) is 5.78 Å². The molecule has 0 radical (unpaired) electrons. The Morgan fingerprint density at radius 2 is 2.00 bits per heavy atom. The van der Waals surface area contributed by atoms with Crippen LogP contribution in [0.1, 0.15) is 17.3 Å². The molecule has 0 atom stereocenters. The lowest BCUT2D eigenvalue weighted by molar-refractivity contribution is 0.101. The van der Waals surface area contributed by atoms with E-state index in [2.05, 4.69) is 0 Å². The molecule has 0 aromatic heterocycles. The quantitative estimate of drug-likeness (QED) is 0.565. The van der Waals surface area contributed by atoms with Crippen molar-refractivity contribution in [1.82, 2.24) is 0 Å². The Labute approximate surface area is 87.4 Å². The summed E-state index contributed by atoms with van der Waals surface area (Å²) in [6.07, 6.45) is 0. The molecule has 0 saturated carbocycles. The third kappa shape index (κ3) is 2.54. The average Bonchev–Trinajstić information content (AvgIpc) is 2.15. The Kier molecular flexibility index (Phi) is 3.11. The molecular weight excluding hydrogens is 220 g/mol. The van der Waals surface area contributed by atoms with Gasteiger partial charge in [-0.3, -0.25) is 4.79 Å². The molecule has 5 nitrogen and oxygen atoms in total. The van der Waals surface area contributed by atoms with Crippen molar-refractivity contribution in [3.05, 3.63) is 23.8 Å². The van der Waals surface area contributed by atoms with E-state index in [1.165, 1.54) is 26.2 Å². The molecule has 1 aromatic carbocycles. The molecule has 0 saturated heterocycles. The molecule has 1 rings (SSSR count). The van der Waals surface area contributed by atoms with Crippen LogP contribution in [0.15, 0.2) is 23.1 Å². The third-order valence-electron chi connectivity index (χ3n) is 1.84. The van der Waals surface area contributed by atoms with Crippen LogP contribution in [0.2, 0.25) is 0 Å². The minimum atomic E-state index is -4.63. The Balaban J connectivity index is 3.46. The van der Waals surface area contributed by atoms with E-state index in [9.17, 15) is 17.8 Å². The van der Waals surface area contributed by atoms with Crippen LogP contribution in [0.4, 0.5) is 0 Å². The van der Waals surface area contributed by atoms with Gasteiger partial charge < -0.3 is 9.29 Å². The van der Waals surface area contributed by atoms with Gasteiger partial charge in [0, 0.05) is 5.56 Å². The molecule has 0 N–H and O–H groups in total. The first-order valence-corrected chi connectivity index (χ1v) is 5.42. The Morgan fingerprint density at radius 1 is 1.40 bits per heavy atom. The number of rotatable bonds is 3. The van der Waals surface area contributed by atoms with Gasteiger partial charge in [-0.05, 0) is 25.1 Å². The summed E-state index contributed by atoms with van der Waals surface area (Å²) in [5.41, 5.74) is 0.158. The van der Waals surface area contributed by atoms with Crippen LogP contribution in [0.25, 0.3) is 0 Å². The lowest BCUT2D eigenvalue weighted by Gasteiger charge is -2.12. The fraction of sp³-hybridized carbons (Fsp3) is 0.222. The van der Waals surface area contributed by atoms with Gasteiger partial charge in [-0.1, -0.05) is 0 Å². The number of ketones is 1. The topological polar surface area (TPSA) is 83.5 Å². The number of ether oxygens (including phenoxy) is 1. The van der Waals surface area contributed by atoms with Gasteiger partial charge in [-0.15, -0.1) is 0 Å². The Bertz CT molecular complexity index is 489. The van der Waals surface area contributed by atoms with Gasteiger partial charge in [0.05, 0.1) is 12.0 Å². The minimum absolute atomic E-state index is 0.0602. The van der Waals surface area contributed by atoms with Gasteiger partial charge in [-0.25, -0.2) is 8.42 Å². The summed E-state index contributed by atoms with van der Waals surface area (Å²) in [4.78, 5) is 10.5. The molecule has 0 amide bonds. The van der Waals surface area contributed by atoms with E-state index in [-0.39, 0.29) is 17.1 Å². The maximum absolute atomic E-state index is 11.0. The van der Waals surface area contributed by atoms with Gasteiger partial charge in [0.25, 0.3) is 0 Å². The highest BCUT2D eigenvalue weighted by Crippen LogP contribution is 2.24. The number of benzene rings is 1. The van der Waals surface area contributed by atoms with Crippen molar-refractivity contribution >= 4 is 15.9 Å². The largest absolute Gasteiger partial charge is 0.744 e. The number of carbonyl (C=O) groups is 1. The second kappa shape index (κ2) is 4.00. The first-order valence-electron chi connectivity index (χ1n) is 4.01. The maximum Gasteiger partial charge on any atom is 0.159 e. The zero-order chi connectivity index (χ0) is 11.6. The summed E-state index contributed by atoms with van der Waals surface area (Å²) in [5.74, 6) is -0.377. The molecule has 0 aliphatic heterocycles. The predicted octanol–water partition coefficient (Wildman–Crippen LogP) is 0.802. The second-order valence-electron chi connectivity index (χ2n) is 2.88. The maximum atomic E-state index is 11.0. The summed E-state index contributed by atoms with van der Waals surface area (Å²) in [5, 5.41) is 0. The van der Waals surface area contributed by atoms with Gasteiger partial charge in [0.2, 0.25) is 0 Å². The van der Waals surface area contributed by atoms with Gasteiger partial charge in [-0.2, -0.15) is 0 Å². The molecule has 0 bridgehead atoms. The highest BCUT2D eigenvalue weighted by Gasteiger charge is 2.12. The van der Waals surface area contributed by atoms with E-state index in [0.29, 0.717) is 0 Å². The van der Waals surface area contributed by atoms with E-state index in [1.54, 1.807) is 0 Å². The van der Waals surface area contributed by atoms with Gasteiger partial charge in [0.1, 0.15) is 15.9 Å². The summed E-state index contributed by atoms with van der Waals surface area (Å²) < 4.78 is 37.2. The summed E-state index contributed by atoms with van der Waals surface area (Å²) in [7, 11) is -3.38. The van der Waals surface area contributed by atoms with Crippen LogP contribution < -0.4 is 4.74 Å². The van der Waals surface area contributed by atoms with Crippen molar-refractivity contribution in [3.63, 3.8) is 0 Å². The molecule has 0 unspecified atom stereocenters. The fourth-order valence-corrected chi connectivity index (χ4v) is 1.76. The highest BCUT2D eigenvalue weighted by molar-refractivity contribution is 7.85. The zero-order valence-electron chi connectivity index (χ0n) is 8.18. The third-order valence-corrected chi connectivity index (χ3v) is 2.70. The standard InChI is InChI=1S/C9H10O5S/c1-6(10)7-3-4-8(14-2)9(5-7)15(11,12)13/h3-5H,1-2H3,(H,11,12,13)/p-1. The molecule has 0 fully saturated rings. The van der Waals surface area contributed by atoms with Crippen molar-refractivity contribution < 1.29 is 22.5 Å². The van der Waals surface area contributed by atoms with Crippen LogP contribution in [0.3, 0.4) is 0 Å². The zero-order valence-corrected chi connectivity index (χ0v) is 9.00.